The smallest absolute Gasteiger partial charge is 0.338 e. The first-order valence-electron chi connectivity index (χ1n) is 9.60. The second-order valence-corrected chi connectivity index (χ2v) is 7.36. The molecule has 1 unspecified atom stereocenters. The molecule has 0 saturated carbocycles. The summed E-state index contributed by atoms with van der Waals surface area (Å²) >= 11 is 0. The molecule has 29 heavy (non-hydrogen) atoms. The first-order valence-corrected chi connectivity index (χ1v) is 9.60. The Hall–Kier alpha value is -3.02. The SMILES string of the molecule is CC(C)OC(=O)c1cccc(-c2ccc(C3COC4(C=CC(=O)C=C4)O3)cc2)c1. The minimum atomic E-state index is -0.956. The van der Waals surface area contributed by atoms with Gasteiger partial charge in [0, 0.05) is 0 Å². The van der Waals surface area contributed by atoms with Gasteiger partial charge in [0.2, 0.25) is 5.79 Å². The second kappa shape index (κ2) is 7.78. The zero-order chi connectivity index (χ0) is 20.4. The number of hydrogen-bond acceptors (Lipinski definition) is 5. The summed E-state index contributed by atoms with van der Waals surface area (Å²) in [4.78, 5) is 23.5. The molecule has 1 spiro atoms. The van der Waals surface area contributed by atoms with E-state index in [0.717, 1.165) is 16.7 Å². The van der Waals surface area contributed by atoms with Crippen molar-refractivity contribution in [2.24, 2.45) is 0 Å². The quantitative estimate of drug-likeness (QED) is 0.724. The number of carbonyl (C=O) groups is 2. The number of hydrogen-bond donors (Lipinski definition) is 0. The maximum atomic E-state index is 12.1. The number of ether oxygens (including phenoxy) is 3. The lowest BCUT2D eigenvalue weighted by Gasteiger charge is -2.22. The van der Waals surface area contributed by atoms with Crippen LogP contribution >= 0.6 is 0 Å². The normalized spacial score (nSPS) is 19.8. The van der Waals surface area contributed by atoms with E-state index in [1.165, 1.54) is 12.2 Å². The average molecular weight is 390 g/mol. The molecule has 5 nitrogen and oxygen atoms in total. The highest BCUT2D eigenvalue weighted by Crippen LogP contribution is 2.37. The fourth-order valence-electron chi connectivity index (χ4n) is 3.34. The third-order valence-electron chi connectivity index (χ3n) is 4.80. The summed E-state index contributed by atoms with van der Waals surface area (Å²) in [6.07, 6.45) is 5.83. The molecule has 148 valence electrons. The summed E-state index contributed by atoms with van der Waals surface area (Å²) in [7, 11) is 0. The molecule has 1 atom stereocenters. The summed E-state index contributed by atoms with van der Waals surface area (Å²) < 4.78 is 17.1. The Morgan fingerprint density at radius 3 is 2.48 bits per heavy atom. The van der Waals surface area contributed by atoms with Gasteiger partial charge >= 0.3 is 5.97 Å². The summed E-state index contributed by atoms with van der Waals surface area (Å²) in [6, 6.07) is 15.4. The van der Waals surface area contributed by atoms with Crippen LogP contribution in [0.15, 0.2) is 72.8 Å². The summed E-state index contributed by atoms with van der Waals surface area (Å²) in [5.74, 6) is -1.36. The number of rotatable bonds is 4. The molecule has 1 heterocycles. The van der Waals surface area contributed by atoms with Crippen molar-refractivity contribution in [3.05, 3.63) is 84.0 Å². The molecule has 0 amide bonds. The second-order valence-electron chi connectivity index (χ2n) is 7.36. The molecule has 1 aliphatic carbocycles. The highest BCUT2D eigenvalue weighted by molar-refractivity contribution is 6.00. The Morgan fingerprint density at radius 1 is 1.07 bits per heavy atom. The van der Waals surface area contributed by atoms with Crippen molar-refractivity contribution < 1.29 is 23.8 Å². The van der Waals surface area contributed by atoms with E-state index in [2.05, 4.69) is 0 Å². The lowest BCUT2D eigenvalue weighted by molar-refractivity contribution is -0.113. The molecule has 5 heteroatoms. The fraction of sp³-hybridized carbons (Fsp3) is 0.250. The van der Waals surface area contributed by atoms with Crippen molar-refractivity contribution in [3.63, 3.8) is 0 Å². The van der Waals surface area contributed by atoms with Crippen LogP contribution in [0.3, 0.4) is 0 Å². The Balaban J connectivity index is 1.49. The lowest BCUT2D eigenvalue weighted by Crippen LogP contribution is -2.27. The van der Waals surface area contributed by atoms with Gasteiger partial charge in [0.15, 0.2) is 5.78 Å². The number of carbonyl (C=O) groups excluding carboxylic acids is 2. The van der Waals surface area contributed by atoms with Gasteiger partial charge in [0.25, 0.3) is 0 Å². The Bertz CT molecular complexity index is 969. The van der Waals surface area contributed by atoms with Crippen LogP contribution in [0.25, 0.3) is 11.1 Å². The van der Waals surface area contributed by atoms with Gasteiger partial charge in [0.1, 0.15) is 6.10 Å². The maximum Gasteiger partial charge on any atom is 0.338 e. The van der Waals surface area contributed by atoms with Gasteiger partial charge in [-0.3, -0.25) is 4.79 Å². The van der Waals surface area contributed by atoms with Gasteiger partial charge in [-0.15, -0.1) is 0 Å². The largest absolute Gasteiger partial charge is 0.459 e. The van der Waals surface area contributed by atoms with Crippen LogP contribution in [0.4, 0.5) is 0 Å². The molecule has 0 bridgehead atoms. The molecule has 2 aromatic rings. The van der Waals surface area contributed by atoms with Gasteiger partial charge in [0.05, 0.1) is 18.3 Å². The average Bonchev–Trinajstić information content (AvgIpc) is 3.14. The van der Waals surface area contributed by atoms with E-state index in [9.17, 15) is 9.59 Å². The molecule has 0 N–H and O–H groups in total. The van der Waals surface area contributed by atoms with E-state index in [0.29, 0.717) is 12.2 Å². The Morgan fingerprint density at radius 2 is 1.79 bits per heavy atom. The van der Waals surface area contributed by atoms with Crippen LogP contribution in [0, 0.1) is 0 Å². The molecule has 0 aromatic heterocycles. The summed E-state index contributed by atoms with van der Waals surface area (Å²) in [5.41, 5.74) is 3.44. The van der Waals surface area contributed by atoms with Crippen molar-refractivity contribution in [2.45, 2.75) is 31.8 Å². The predicted octanol–water partition coefficient (Wildman–Crippen LogP) is 4.40. The van der Waals surface area contributed by atoms with E-state index < -0.39 is 5.79 Å². The first-order chi connectivity index (χ1) is 13.9. The molecular weight excluding hydrogens is 368 g/mol. The highest BCUT2D eigenvalue weighted by Gasteiger charge is 2.39. The predicted molar refractivity (Wildman–Crippen MR) is 108 cm³/mol. The van der Waals surface area contributed by atoms with Crippen LogP contribution < -0.4 is 0 Å². The zero-order valence-electron chi connectivity index (χ0n) is 16.3. The zero-order valence-corrected chi connectivity index (χ0v) is 16.3. The molecule has 1 aliphatic heterocycles. The van der Waals surface area contributed by atoms with Crippen LogP contribution in [0.5, 0.6) is 0 Å². The van der Waals surface area contributed by atoms with Gasteiger partial charge < -0.3 is 14.2 Å². The van der Waals surface area contributed by atoms with Gasteiger partial charge in [-0.2, -0.15) is 0 Å². The summed E-state index contributed by atoms with van der Waals surface area (Å²) in [6.45, 7) is 4.06. The van der Waals surface area contributed by atoms with Crippen LogP contribution in [-0.2, 0) is 19.0 Å². The van der Waals surface area contributed by atoms with Crippen molar-refractivity contribution >= 4 is 11.8 Å². The maximum absolute atomic E-state index is 12.1. The van der Waals surface area contributed by atoms with Crippen molar-refractivity contribution in [2.75, 3.05) is 6.61 Å². The van der Waals surface area contributed by atoms with E-state index in [-0.39, 0.29) is 24.0 Å². The van der Waals surface area contributed by atoms with Gasteiger partial charge in [-0.1, -0.05) is 36.4 Å². The topological polar surface area (TPSA) is 61.8 Å². The van der Waals surface area contributed by atoms with Crippen LogP contribution in [0.1, 0.15) is 35.9 Å². The monoisotopic (exact) mass is 390 g/mol. The third kappa shape index (κ3) is 4.21. The minimum Gasteiger partial charge on any atom is -0.459 e. The van der Waals surface area contributed by atoms with E-state index in [1.807, 2.05) is 56.3 Å². The molecule has 2 aromatic carbocycles. The molecule has 1 fully saturated rings. The van der Waals surface area contributed by atoms with Crippen LogP contribution in [0.2, 0.25) is 0 Å². The summed E-state index contributed by atoms with van der Waals surface area (Å²) in [5, 5.41) is 0. The number of benzene rings is 2. The molecule has 1 saturated heterocycles. The molecule has 2 aliphatic rings. The third-order valence-corrected chi connectivity index (χ3v) is 4.80. The molecule has 0 radical (unpaired) electrons. The highest BCUT2D eigenvalue weighted by atomic mass is 16.7. The first kappa shape index (κ1) is 19.3. The molecule has 4 rings (SSSR count). The number of ketones is 1. The Labute approximate surface area is 169 Å². The molecular formula is C24H22O5. The standard InChI is InChI=1S/C24H22O5/c1-16(2)28-23(26)20-5-3-4-19(14-20)17-6-8-18(9-7-17)22-15-27-24(29-22)12-10-21(25)11-13-24/h3-14,16,22H,15H2,1-2H3. The van der Waals surface area contributed by atoms with Crippen molar-refractivity contribution in [1.82, 2.24) is 0 Å². The van der Waals surface area contributed by atoms with Crippen molar-refractivity contribution in [1.29, 1.82) is 0 Å². The van der Waals surface area contributed by atoms with Gasteiger partial charge in [-0.05, 0) is 67.0 Å². The van der Waals surface area contributed by atoms with Crippen molar-refractivity contribution in [3.8, 4) is 11.1 Å². The lowest BCUT2D eigenvalue weighted by atomic mass is 10.0. The Kier molecular flexibility index (Phi) is 5.18. The van der Waals surface area contributed by atoms with Gasteiger partial charge in [-0.25, -0.2) is 4.79 Å². The van der Waals surface area contributed by atoms with E-state index in [4.69, 9.17) is 14.2 Å². The number of esters is 1. The minimum absolute atomic E-state index is 0.0739. The van der Waals surface area contributed by atoms with E-state index in [1.54, 1.807) is 18.2 Å². The van der Waals surface area contributed by atoms with Crippen LogP contribution in [-0.4, -0.2) is 30.3 Å². The fourth-order valence-corrected chi connectivity index (χ4v) is 3.34. The van der Waals surface area contributed by atoms with E-state index >= 15 is 0 Å². The number of allylic oxidation sites excluding steroid dienone is 2.